The van der Waals surface area contributed by atoms with Crippen LogP contribution in [0.4, 0.5) is 0 Å². The van der Waals surface area contributed by atoms with Gasteiger partial charge in [0.2, 0.25) is 0 Å². The van der Waals surface area contributed by atoms with Gasteiger partial charge < -0.3 is 15.3 Å². The van der Waals surface area contributed by atoms with Crippen LogP contribution in [0.5, 0.6) is 0 Å². The van der Waals surface area contributed by atoms with E-state index in [0.29, 0.717) is 0 Å². The maximum absolute atomic E-state index is 10.7. The third kappa shape index (κ3) is 4.44. The van der Waals surface area contributed by atoms with Gasteiger partial charge in [0.15, 0.2) is 0 Å². The molecule has 0 saturated carbocycles. The van der Waals surface area contributed by atoms with Gasteiger partial charge in [-0.25, -0.2) is 0 Å². The molecule has 2 unspecified atom stereocenters. The minimum absolute atomic E-state index is 0.0775. The molecule has 0 aliphatic carbocycles. The van der Waals surface area contributed by atoms with Crippen LogP contribution in [-0.2, 0) is 14.4 Å². The number of carboxylic acids is 3. The maximum atomic E-state index is 10.7. The highest BCUT2D eigenvalue weighted by molar-refractivity contribution is 5.80. The molecule has 0 amide bonds. The lowest BCUT2D eigenvalue weighted by atomic mass is 9.86. The van der Waals surface area contributed by atoms with E-state index in [1.165, 1.54) is 0 Å². The molecule has 0 rings (SSSR count). The lowest BCUT2D eigenvalue weighted by Gasteiger charge is -2.17. The molecule has 1 radical (unpaired) electrons. The fraction of sp³-hybridized carbons (Fsp3) is 0.556. The quantitative estimate of drug-likeness (QED) is 0.571. The average molecular weight is 217 g/mol. The van der Waals surface area contributed by atoms with Crippen molar-refractivity contribution < 1.29 is 29.7 Å². The summed E-state index contributed by atoms with van der Waals surface area (Å²) in [4.78, 5) is 31.7. The van der Waals surface area contributed by atoms with Gasteiger partial charge in [-0.1, -0.05) is 6.92 Å². The summed E-state index contributed by atoms with van der Waals surface area (Å²) in [5.74, 6) is -6.04. The Bertz CT molecular complexity index is 259. The first kappa shape index (κ1) is 13.4. The number of rotatable bonds is 7. The van der Waals surface area contributed by atoms with Crippen LogP contribution in [0.2, 0.25) is 0 Å². The topological polar surface area (TPSA) is 112 Å². The monoisotopic (exact) mass is 217 g/mol. The van der Waals surface area contributed by atoms with Crippen LogP contribution in [0.25, 0.3) is 0 Å². The van der Waals surface area contributed by atoms with Crippen LogP contribution >= 0.6 is 0 Å². The predicted molar refractivity (Wildman–Crippen MR) is 49.1 cm³/mol. The number of hydrogen-bond acceptors (Lipinski definition) is 3. The Morgan fingerprint density at radius 1 is 1.00 bits per heavy atom. The Morgan fingerprint density at radius 3 is 1.73 bits per heavy atom. The number of hydrogen-bond donors (Lipinski definition) is 3. The van der Waals surface area contributed by atoms with Gasteiger partial charge in [-0.05, 0) is 12.8 Å². The van der Waals surface area contributed by atoms with Crippen LogP contribution in [0.15, 0.2) is 0 Å². The molecule has 85 valence electrons. The molecule has 0 aliphatic rings. The van der Waals surface area contributed by atoms with Crippen molar-refractivity contribution in [1.82, 2.24) is 0 Å². The van der Waals surface area contributed by atoms with E-state index in [4.69, 9.17) is 15.3 Å². The van der Waals surface area contributed by atoms with Crippen molar-refractivity contribution in [2.75, 3.05) is 0 Å². The summed E-state index contributed by atoms with van der Waals surface area (Å²) in [6.07, 6.45) is -0.635. The molecule has 0 heterocycles. The van der Waals surface area contributed by atoms with Crippen LogP contribution in [0, 0.1) is 18.8 Å². The van der Waals surface area contributed by atoms with Crippen molar-refractivity contribution in [2.45, 2.75) is 19.3 Å². The fourth-order valence-electron chi connectivity index (χ4n) is 1.27. The van der Waals surface area contributed by atoms with Crippen molar-refractivity contribution in [1.29, 1.82) is 0 Å². The van der Waals surface area contributed by atoms with Crippen molar-refractivity contribution in [3.63, 3.8) is 0 Å². The lowest BCUT2D eigenvalue weighted by molar-refractivity contribution is -0.154. The smallest absolute Gasteiger partial charge is 0.307 e. The molecule has 0 spiro atoms. The molecular weight excluding hydrogens is 204 g/mol. The molecule has 0 bridgehead atoms. The second kappa shape index (κ2) is 6.00. The summed E-state index contributed by atoms with van der Waals surface area (Å²) in [5, 5.41) is 25.8. The van der Waals surface area contributed by atoms with Gasteiger partial charge >= 0.3 is 17.9 Å². The van der Waals surface area contributed by atoms with Gasteiger partial charge in [-0.15, -0.1) is 0 Å². The Hall–Kier alpha value is -1.59. The third-order valence-electron chi connectivity index (χ3n) is 2.10. The fourth-order valence-corrected chi connectivity index (χ4v) is 1.27. The van der Waals surface area contributed by atoms with E-state index < -0.39 is 29.7 Å². The minimum atomic E-state index is -1.30. The summed E-state index contributed by atoms with van der Waals surface area (Å²) < 4.78 is 0. The first-order chi connectivity index (χ1) is 6.90. The Morgan fingerprint density at radius 2 is 1.47 bits per heavy atom. The SMILES string of the molecule is [CH2]CC(C(=O)O)C(CCC(=O)O)C(=O)O. The van der Waals surface area contributed by atoms with E-state index in [0.717, 1.165) is 0 Å². The van der Waals surface area contributed by atoms with E-state index in [-0.39, 0.29) is 19.3 Å². The molecule has 2 atom stereocenters. The molecule has 6 nitrogen and oxygen atoms in total. The Labute approximate surface area is 86.5 Å². The molecule has 0 saturated heterocycles. The molecule has 0 aromatic rings. The summed E-state index contributed by atoms with van der Waals surface area (Å²) in [6, 6.07) is 0. The molecule has 3 N–H and O–H groups in total. The zero-order valence-corrected chi connectivity index (χ0v) is 8.05. The standard InChI is InChI=1S/C9H13O6/c1-2-5(8(12)13)6(9(14)15)3-4-7(10)11/h5-6H,1-4H2,(H,10,11)(H,12,13)(H,14,15). The maximum Gasteiger partial charge on any atom is 0.307 e. The largest absolute Gasteiger partial charge is 0.481 e. The highest BCUT2D eigenvalue weighted by atomic mass is 16.4. The van der Waals surface area contributed by atoms with Gasteiger partial charge in [0.25, 0.3) is 0 Å². The molecule has 0 aromatic carbocycles. The molecule has 15 heavy (non-hydrogen) atoms. The Balaban J connectivity index is 4.55. The molecule has 0 fully saturated rings. The summed E-state index contributed by atoms with van der Waals surface area (Å²) in [6.45, 7) is 3.35. The van der Waals surface area contributed by atoms with E-state index in [9.17, 15) is 14.4 Å². The molecular formula is C9H13O6. The first-order valence-electron chi connectivity index (χ1n) is 4.36. The van der Waals surface area contributed by atoms with Crippen molar-refractivity contribution in [2.24, 2.45) is 11.8 Å². The van der Waals surface area contributed by atoms with E-state index in [1.54, 1.807) is 0 Å². The second-order valence-corrected chi connectivity index (χ2v) is 3.11. The zero-order chi connectivity index (χ0) is 12.0. The van der Waals surface area contributed by atoms with Crippen molar-refractivity contribution >= 4 is 17.9 Å². The average Bonchev–Trinajstić information content (AvgIpc) is 2.10. The van der Waals surface area contributed by atoms with Gasteiger partial charge in [-0.3, -0.25) is 14.4 Å². The first-order valence-corrected chi connectivity index (χ1v) is 4.36. The summed E-state index contributed by atoms with van der Waals surface area (Å²) in [5.41, 5.74) is 0. The highest BCUT2D eigenvalue weighted by Crippen LogP contribution is 2.21. The van der Waals surface area contributed by atoms with Gasteiger partial charge in [0.1, 0.15) is 0 Å². The number of aliphatic carboxylic acids is 3. The van der Waals surface area contributed by atoms with Crippen LogP contribution in [-0.4, -0.2) is 33.2 Å². The number of carbonyl (C=O) groups is 3. The van der Waals surface area contributed by atoms with Crippen molar-refractivity contribution in [3.05, 3.63) is 6.92 Å². The van der Waals surface area contributed by atoms with Gasteiger partial charge in [0.05, 0.1) is 11.8 Å². The molecule has 6 heteroatoms. The Kier molecular flexibility index (Phi) is 5.36. The van der Waals surface area contributed by atoms with Gasteiger partial charge in [0, 0.05) is 6.42 Å². The van der Waals surface area contributed by atoms with Crippen LogP contribution in [0.3, 0.4) is 0 Å². The van der Waals surface area contributed by atoms with E-state index in [1.807, 2.05) is 0 Å². The highest BCUT2D eigenvalue weighted by Gasteiger charge is 2.32. The summed E-state index contributed by atoms with van der Waals surface area (Å²) in [7, 11) is 0. The predicted octanol–water partition coefficient (Wildman–Crippen LogP) is 0.477. The van der Waals surface area contributed by atoms with Gasteiger partial charge in [-0.2, -0.15) is 0 Å². The normalized spacial score (nSPS) is 14.2. The molecule has 0 aromatic heterocycles. The minimum Gasteiger partial charge on any atom is -0.481 e. The molecule has 0 aliphatic heterocycles. The third-order valence-corrected chi connectivity index (χ3v) is 2.10. The van der Waals surface area contributed by atoms with E-state index >= 15 is 0 Å². The second-order valence-electron chi connectivity index (χ2n) is 3.11. The zero-order valence-electron chi connectivity index (χ0n) is 8.05. The number of carboxylic acid groups (broad SMARTS) is 3. The van der Waals surface area contributed by atoms with Crippen molar-refractivity contribution in [3.8, 4) is 0 Å². The van der Waals surface area contributed by atoms with E-state index in [2.05, 4.69) is 6.92 Å². The lowest BCUT2D eigenvalue weighted by Crippen LogP contribution is -2.30. The van der Waals surface area contributed by atoms with Crippen LogP contribution in [0.1, 0.15) is 19.3 Å². The summed E-state index contributed by atoms with van der Waals surface area (Å²) >= 11 is 0. The van der Waals surface area contributed by atoms with Crippen LogP contribution < -0.4 is 0 Å².